The summed E-state index contributed by atoms with van der Waals surface area (Å²) in [7, 11) is -3.97. The molecule has 2 aromatic carbocycles. The Morgan fingerprint density at radius 1 is 1.12 bits per heavy atom. The molecule has 40 heavy (non-hydrogen) atoms. The third-order valence-corrected chi connectivity index (χ3v) is 9.16. The van der Waals surface area contributed by atoms with Crippen LogP contribution in [0, 0.1) is 11.8 Å². The molecule has 5 atom stereocenters. The predicted molar refractivity (Wildman–Crippen MR) is 147 cm³/mol. The average molecular weight is 573 g/mol. The molecule has 1 aromatic heterocycles. The SMILES string of the molecule is CC(C)CN(C[C@@H](O)[C@H](Cc1ccccc1)NC(=O)O[C@@H]1CO[C@@H]2OCC[C@@H]21)S(=O)(=O)c1ccc2occc2c1. The van der Waals surface area contributed by atoms with Gasteiger partial charge in [-0.05, 0) is 48.6 Å². The first-order valence-electron chi connectivity index (χ1n) is 13.6. The summed E-state index contributed by atoms with van der Waals surface area (Å²) < 4.78 is 50.9. The van der Waals surface area contributed by atoms with Gasteiger partial charge in [0.25, 0.3) is 0 Å². The van der Waals surface area contributed by atoms with Gasteiger partial charge in [-0.25, -0.2) is 13.2 Å². The van der Waals surface area contributed by atoms with Gasteiger partial charge < -0.3 is 29.1 Å². The zero-order valence-corrected chi connectivity index (χ0v) is 23.5. The molecule has 3 heterocycles. The highest BCUT2D eigenvalue weighted by Gasteiger charge is 2.44. The first-order valence-corrected chi connectivity index (χ1v) is 15.0. The Morgan fingerprint density at radius 2 is 1.93 bits per heavy atom. The molecule has 0 saturated carbocycles. The van der Waals surface area contributed by atoms with Crippen LogP contribution in [-0.4, -0.2) is 74.8 Å². The van der Waals surface area contributed by atoms with Crippen LogP contribution in [-0.2, 0) is 30.7 Å². The molecule has 11 heteroatoms. The molecule has 10 nitrogen and oxygen atoms in total. The number of rotatable bonds is 11. The summed E-state index contributed by atoms with van der Waals surface area (Å²) in [6.07, 6.45) is -0.189. The van der Waals surface area contributed by atoms with E-state index in [1.807, 2.05) is 44.2 Å². The largest absolute Gasteiger partial charge is 0.464 e. The van der Waals surface area contributed by atoms with E-state index in [1.54, 1.807) is 18.2 Å². The number of carbonyl (C=O) groups is 1. The molecule has 1 amide bonds. The number of nitrogens with one attached hydrogen (secondary N) is 1. The zero-order chi connectivity index (χ0) is 28.3. The maximum atomic E-state index is 13.8. The maximum Gasteiger partial charge on any atom is 0.407 e. The van der Waals surface area contributed by atoms with Gasteiger partial charge in [0.15, 0.2) is 6.29 Å². The molecule has 216 valence electrons. The van der Waals surface area contributed by atoms with Crippen LogP contribution < -0.4 is 5.32 Å². The monoisotopic (exact) mass is 572 g/mol. The van der Waals surface area contributed by atoms with E-state index in [2.05, 4.69) is 5.32 Å². The number of aliphatic hydroxyl groups excluding tert-OH is 1. The zero-order valence-electron chi connectivity index (χ0n) is 22.6. The Bertz CT molecular complexity index is 1390. The second-order valence-electron chi connectivity index (χ2n) is 10.8. The third-order valence-electron chi connectivity index (χ3n) is 7.33. The Labute approximate surface area is 234 Å². The van der Waals surface area contributed by atoms with Crippen molar-refractivity contribution < 1.29 is 36.9 Å². The van der Waals surface area contributed by atoms with Crippen LogP contribution in [0.1, 0.15) is 25.8 Å². The minimum Gasteiger partial charge on any atom is -0.464 e. The number of ether oxygens (including phenoxy) is 3. The number of alkyl carbamates (subject to hydrolysis) is 1. The van der Waals surface area contributed by atoms with Crippen molar-refractivity contribution in [3.05, 3.63) is 66.4 Å². The van der Waals surface area contributed by atoms with Crippen LogP contribution in [0.15, 0.2) is 70.2 Å². The van der Waals surface area contributed by atoms with E-state index in [0.717, 1.165) is 12.0 Å². The van der Waals surface area contributed by atoms with E-state index in [0.29, 0.717) is 17.6 Å². The number of furan rings is 1. The first kappa shape index (κ1) is 28.6. The summed E-state index contributed by atoms with van der Waals surface area (Å²) in [6, 6.07) is 15.0. The quantitative estimate of drug-likeness (QED) is 0.357. The van der Waals surface area contributed by atoms with Crippen LogP contribution >= 0.6 is 0 Å². The smallest absolute Gasteiger partial charge is 0.407 e. The summed E-state index contributed by atoms with van der Waals surface area (Å²) >= 11 is 0. The number of sulfonamides is 1. The summed E-state index contributed by atoms with van der Waals surface area (Å²) in [6.45, 7) is 4.60. The second kappa shape index (κ2) is 12.3. The van der Waals surface area contributed by atoms with E-state index in [-0.39, 0.29) is 49.1 Å². The molecule has 3 aromatic rings. The lowest BCUT2D eigenvalue weighted by molar-refractivity contribution is -0.0907. The van der Waals surface area contributed by atoms with Crippen molar-refractivity contribution in [2.75, 3.05) is 26.3 Å². The third kappa shape index (κ3) is 6.50. The summed E-state index contributed by atoms with van der Waals surface area (Å²) in [5.74, 6) is -0.0310. The number of benzene rings is 2. The topological polar surface area (TPSA) is 128 Å². The van der Waals surface area contributed by atoms with Crippen LogP contribution in [0.4, 0.5) is 4.79 Å². The Balaban J connectivity index is 1.34. The minimum atomic E-state index is -3.97. The minimum absolute atomic E-state index is 0.00549. The summed E-state index contributed by atoms with van der Waals surface area (Å²) in [5.41, 5.74) is 1.46. The number of carbonyl (C=O) groups excluding carboxylic acids is 1. The van der Waals surface area contributed by atoms with Gasteiger partial charge in [0.1, 0.15) is 11.7 Å². The predicted octanol–water partition coefficient (Wildman–Crippen LogP) is 3.54. The van der Waals surface area contributed by atoms with Crippen molar-refractivity contribution >= 4 is 27.1 Å². The highest BCUT2D eigenvalue weighted by molar-refractivity contribution is 7.89. The molecule has 0 spiro atoms. The molecule has 0 bridgehead atoms. The molecule has 2 aliphatic heterocycles. The molecule has 5 rings (SSSR count). The van der Waals surface area contributed by atoms with E-state index in [1.165, 1.54) is 16.6 Å². The van der Waals surface area contributed by atoms with Gasteiger partial charge in [-0.2, -0.15) is 4.31 Å². The number of fused-ring (bicyclic) bond motifs is 2. The van der Waals surface area contributed by atoms with Gasteiger partial charge in [0.2, 0.25) is 10.0 Å². The number of hydrogen-bond acceptors (Lipinski definition) is 8. The molecule has 0 aliphatic carbocycles. The molecule has 0 radical (unpaired) electrons. The molecular weight excluding hydrogens is 536 g/mol. The highest BCUT2D eigenvalue weighted by Crippen LogP contribution is 2.33. The molecule has 2 aliphatic rings. The van der Waals surface area contributed by atoms with Crippen LogP contribution in [0.3, 0.4) is 0 Å². The van der Waals surface area contributed by atoms with Crippen molar-refractivity contribution in [3.8, 4) is 0 Å². The Kier molecular flexibility index (Phi) is 8.77. The van der Waals surface area contributed by atoms with Gasteiger partial charge in [-0.1, -0.05) is 44.2 Å². The fraction of sp³-hybridized carbons (Fsp3) is 0.483. The maximum absolute atomic E-state index is 13.8. The summed E-state index contributed by atoms with van der Waals surface area (Å²) in [4.78, 5) is 13.1. The van der Waals surface area contributed by atoms with Gasteiger partial charge in [0, 0.05) is 18.5 Å². The molecule has 0 unspecified atom stereocenters. The number of aliphatic hydroxyl groups is 1. The molecule has 2 fully saturated rings. The first-order chi connectivity index (χ1) is 19.2. The van der Waals surface area contributed by atoms with E-state index in [9.17, 15) is 18.3 Å². The Morgan fingerprint density at radius 3 is 2.70 bits per heavy atom. The number of nitrogens with zero attached hydrogens (tertiary/aromatic N) is 1. The average Bonchev–Trinajstić information content (AvgIpc) is 3.66. The normalized spacial score (nSPS) is 22.5. The molecular formula is C29H36N2O8S. The summed E-state index contributed by atoms with van der Waals surface area (Å²) in [5, 5.41) is 14.9. The van der Waals surface area contributed by atoms with Gasteiger partial charge in [0.05, 0.1) is 42.4 Å². The highest BCUT2D eigenvalue weighted by atomic mass is 32.2. The van der Waals surface area contributed by atoms with Gasteiger partial charge in [-0.3, -0.25) is 0 Å². The van der Waals surface area contributed by atoms with Crippen molar-refractivity contribution in [1.82, 2.24) is 9.62 Å². The fourth-order valence-electron chi connectivity index (χ4n) is 5.29. The van der Waals surface area contributed by atoms with Gasteiger partial charge in [-0.15, -0.1) is 0 Å². The van der Waals surface area contributed by atoms with E-state index < -0.39 is 34.4 Å². The van der Waals surface area contributed by atoms with Gasteiger partial charge >= 0.3 is 6.09 Å². The van der Waals surface area contributed by atoms with E-state index >= 15 is 0 Å². The van der Waals surface area contributed by atoms with Crippen molar-refractivity contribution in [3.63, 3.8) is 0 Å². The van der Waals surface area contributed by atoms with Crippen LogP contribution in [0.5, 0.6) is 0 Å². The number of hydrogen-bond donors (Lipinski definition) is 2. The lowest BCUT2D eigenvalue weighted by Gasteiger charge is -2.31. The lowest BCUT2D eigenvalue weighted by atomic mass is 10.0. The van der Waals surface area contributed by atoms with Crippen molar-refractivity contribution in [2.45, 2.75) is 56.1 Å². The second-order valence-corrected chi connectivity index (χ2v) is 12.8. The van der Waals surface area contributed by atoms with Crippen LogP contribution in [0.2, 0.25) is 0 Å². The standard InChI is InChI=1S/C29H36N2O8S/c1-19(2)16-31(40(34,35)22-8-9-26-21(15-22)10-12-36-26)17-25(32)24(14-20-6-4-3-5-7-20)30-29(33)39-27-18-38-28-23(27)11-13-37-28/h3-10,12,15,19,23-25,27-28,32H,11,13-14,16-18H2,1-2H3,(H,30,33)/t23-,24+,25-,27-,28+/m1/s1. The van der Waals surface area contributed by atoms with Crippen molar-refractivity contribution in [2.24, 2.45) is 11.8 Å². The van der Waals surface area contributed by atoms with E-state index in [4.69, 9.17) is 18.6 Å². The number of amides is 1. The lowest BCUT2D eigenvalue weighted by Crippen LogP contribution is -2.51. The molecule has 2 saturated heterocycles. The fourth-order valence-corrected chi connectivity index (χ4v) is 6.95. The Hall–Kier alpha value is -2.96. The van der Waals surface area contributed by atoms with Crippen molar-refractivity contribution in [1.29, 1.82) is 0 Å². The van der Waals surface area contributed by atoms with Crippen LogP contribution in [0.25, 0.3) is 11.0 Å². The molecule has 2 N–H and O–H groups in total.